The Morgan fingerprint density at radius 3 is 2.68 bits per heavy atom. The predicted octanol–water partition coefficient (Wildman–Crippen LogP) is 4.14. The van der Waals surface area contributed by atoms with Crippen molar-refractivity contribution < 1.29 is 8.78 Å². The minimum atomic E-state index is -0.903. The van der Waals surface area contributed by atoms with E-state index in [9.17, 15) is 8.78 Å². The van der Waals surface area contributed by atoms with Crippen LogP contribution in [0.25, 0.3) is 22.4 Å². The van der Waals surface area contributed by atoms with E-state index in [1.807, 2.05) is 23.6 Å². The third-order valence-electron chi connectivity index (χ3n) is 3.42. The minimum absolute atomic E-state index is 0.496. The second kappa shape index (κ2) is 5.26. The summed E-state index contributed by atoms with van der Waals surface area (Å²) in [6, 6.07) is 9.23. The molecule has 22 heavy (non-hydrogen) atoms. The van der Waals surface area contributed by atoms with Gasteiger partial charge in [0.1, 0.15) is 11.3 Å². The van der Waals surface area contributed by atoms with Crippen molar-refractivity contribution in [3.05, 3.63) is 60.2 Å². The van der Waals surface area contributed by atoms with Gasteiger partial charge in [-0.3, -0.25) is 0 Å². The van der Waals surface area contributed by atoms with E-state index in [2.05, 4.69) is 11.6 Å². The van der Waals surface area contributed by atoms with Gasteiger partial charge in [0, 0.05) is 12.1 Å². The number of fused-ring (bicyclic) bond motifs is 1. The molecule has 1 aromatic heterocycles. The Labute approximate surface area is 126 Å². The number of hydrogen-bond acceptors (Lipinski definition) is 2. The zero-order chi connectivity index (χ0) is 15.9. The molecule has 0 spiro atoms. The summed E-state index contributed by atoms with van der Waals surface area (Å²) in [4.78, 5) is 4.51. The summed E-state index contributed by atoms with van der Waals surface area (Å²) >= 11 is 0. The summed E-state index contributed by atoms with van der Waals surface area (Å²) < 4.78 is 28.6. The summed E-state index contributed by atoms with van der Waals surface area (Å²) in [5.74, 6) is -1.25. The maximum absolute atomic E-state index is 13.5. The Morgan fingerprint density at radius 2 is 2.00 bits per heavy atom. The lowest BCUT2D eigenvalue weighted by molar-refractivity contribution is 0.509. The topological polar surface area (TPSA) is 43.8 Å². The van der Waals surface area contributed by atoms with E-state index in [0.717, 1.165) is 23.2 Å². The Morgan fingerprint density at radius 1 is 1.23 bits per heavy atom. The number of halogens is 2. The predicted molar refractivity (Wildman–Crippen MR) is 84.3 cm³/mol. The van der Waals surface area contributed by atoms with Crippen LogP contribution >= 0.6 is 0 Å². The average molecular weight is 299 g/mol. The van der Waals surface area contributed by atoms with Crippen molar-refractivity contribution in [2.24, 2.45) is 0 Å². The molecule has 0 saturated heterocycles. The van der Waals surface area contributed by atoms with E-state index in [-0.39, 0.29) is 0 Å². The van der Waals surface area contributed by atoms with E-state index in [1.54, 1.807) is 6.07 Å². The normalized spacial score (nSPS) is 11.0. The molecule has 0 aliphatic heterocycles. The molecule has 0 fully saturated rings. The number of nitrogen functional groups attached to an aromatic ring is 1. The van der Waals surface area contributed by atoms with Crippen LogP contribution in [0.15, 0.2) is 48.6 Å². The molecule has 3 rings (SSSR count). The second-order valence-corrected chi connectivity index (χ2v) is 5.32. The molecule has 0 aliphatic rings. The van der Waals surface area contributed by atoms with E-state index in [0.29, 0.717) is 29.1 Å². The highest BCUT2D eigenvalue weighted by Crippen LogP contribution is 2.29. The molecule has 0 radical (unpaired) electrons. The molecule has 1 heterocycles. The number of anilines is 1. The fraction of sp³-hybridized carbons (Fsp3) is 0.118. The first-order valence-electron chi connectivity index (χ1n) is 6.82. The van der Waals surface area contributed by atoms with Crippen molar-refractivity contribution in [2.45, 2.75) is 13.5 Å². The highest BCUT2D eigenvalue weighted by molar-refractivity contribution is 5.90. The van der Waals surface area contributed by atoms with Crippen LogP contribution in [0.3, 0.4) is 0 Å². The molecule has 112 valence electrons. The molecule has 3 nitrogen and oxygen atoms in total. The third-order valence-corrected chi connectivity index (χ3v) is 3.42. The fourth-order valence-electron chi connectivity index (χ4n) is 2.45. The molecular weight excluding hydrogens is 284 g/mol. The number of benzene rings is 2. The van der Waals surface area contributed by atoms with Crippen LogP contribution in [0, 0.1) is 11.6 Å². The molecule has 0 saturated carbocycles. The summed E-state index contributed by atoms with van der Waals surface area (Å²) in [7, 11) is 0. The lowest BCUT2D eigenvalue weighted by Crippen LogP contribution is -2.02. The quantitative estimate of drug-likeness (QED) is 0.583. The Bertz CT molecular complexity index is 881. The molecular formula is C17H15F2N3. The van der Waals surface area contributed by atoms with Gasteiger partial charge in [-0.15, -0.1) is 0 Å². The Hall–Kier alpha value is -2.69. The van der Waals surface area contributed by atoms with Gasteiger partial charge < -0.3 is 10.3 Å². The van der Waals surface area contributed by atoms with Crippen molar-refractivity contribution in [1.29, 1.82) is 0 Å². The molecule has 0 atom stereocenters. The van der Waals surface area contributed by atoms with Gasteiger partial charge in [-0.2, -0.15) is 0 Å². The third kappa shape index (κ3) is 2.35. The monoisotopic (exact) mass is 299 g/mol. The summed E-state index contributed by atoms with van der Waals surface area (Å²) in [6.45, 7) is 6.33. The number of imidazole rings is 1. The lowest BCUT2D eigenvalue weighted by atomic mass is 10.2. The van der Waals surface area contributed by atoms with Crippen LogP contribution in [-0.2, 0) is 6.54 Å². The standard InChI is InChI=1S/C17H15F2N3/c1-10(2)9-22-15-5-3-4-14(20)16(15)21-17(22)11-6-7-12(18)13(19)8-11/h3-8H,1,9,20H2,2H3. The summed E-state index contributed by atoms with van der Waals surface area (Å²) in [5, 5.41) is 0. The lowest BCUT2D eigenvalue weighted by Gasteiger charge is -2.09. The smallest absolute Gasteiger partial charge is 0.159 e. The van der Waals surface area contributed by atoms with E-state index in [4.69, 9.17) is 5.73 Å². The Balaban J connectivity index is 2.29. The number of para-hydroxylation sites is 1. The van der Waals surface area contributed by atoms with Gasteiger partial charge in [-0.25, -0.2) is 13.8 Å². The number of rotatable bonds is 3. The van der Waals surface area contributed by atoms with E-state index >= 15 is 0 Å². The second-order valence-electron chi connectivity index (χ2n) is 5.32. The Kier molecular flexibility index (Phi) is 3.41. The molecule has 0 aliphatic carbocycles. The van der Waals surface area contributed by atoms with E-state index in [1.165, 1.54) is 6.07 Å². The molecule has 0 bridgehead atoms. The SMILES string of the molecule is C=C(C)Cn1c(-c2ccc(F)c(F)c2)nc2c(N)cccc21. The number of allylic oxidation sites excluding steroid dienone is 1. The zero-order valence-corrected chi connectivity index (χ0v) is 12.1. The van der Waals surface area contributed by atoms with Crippen molar-refractivity contribution in [1.82, 2.24) is 9.55 Å². The van der Waals surface area contributed by atoms with Gasteiger partial charge in [0.2, 0.25) is 0 Å². The van der Waals surface area contributed by atoms with Crippen molar-refractivity contribution in [2.75, 3.05) is 5.73 Å². The zero-order valence-electron chi connectivity index (χ0n) is 12.1. The van der Waals surface area contributed by atoms with Crippen LogP contribution in [0.2, 0.25) is 0 Å². The number of aromatic nitrogens is 2. The van der Waals surface area contributed by atoms with Gasteiger partial charge in [0.15, 0.2) is 11.6 Å². The summed E-state index contributed by atoms with van der Waals surface area (Å²) in [6.07, 6.45) is 0. The first-order chi connectivity index (χ1) is 10.5. The molecule has 3 aromatic rings. The van der Waals surface area contributed by atoms with Gasteiger partial charge in [-0.1, -0.05) is 18.2 Å². The average Bonchev–Trinajstić information content (AvgIpc) is 2.82. The van der Waals surface area contributed by atoms with Crippen LogP contribution in [0.5, 0.6) is 0 Å². The minimum Gasteiger partial charge on any atom is -0.397 e. The molecule has 5 heteroatoms. The molecule has 2 aromatic carbocycles. The van der Waals surface area contributed by atoms with Crippen LogP contribution in [0.1, 0.15) is 6.92 Å². The number of nitrogens with two attached hydrogens (primary N) is 1. The maximum Gasteiger partial charge on any atom is 0.159 e. The highest BCUT2D eigenvalue weighted by Gasteiger charge is 2.15. The van der Waals surface area contributed by atoms with Gasteiger partial charge in [0.05, 0.1) is 11.2 Å². The molecule has 0 amide bonds. The van der Waals surface area contributed by atoms with Gasteiger partial charge in [0.25, 0.3) is 0 Å². The maximum atomic E-state index is 13.5. The van der Waals surface area contributed by atoms with Gasteiger partial charge in [-0.05, 0) is 37.3 Å². The van der Waals surface area contributed by atoms with Crippen molar-refractivity contribution >= 4 is 16.7 Å². The number of hydrogen-bond donors (Lipinski definition) is 1. The van der Waals surface area contributed by atoms with Crippen LogP contribution in [0.4, 0.5) is 14.5 Å². The molecule has 0 unspecified atom stereocenters. The first-order valence-corrected chi connectivity index (χ1v) is 6.82. The molecule has 2 N–H and O–H groups in total. The summed E-state index contributed by atoms with van der Waals surface area (Å²) in [5.41, 5.74) is 9.41. The van der Waals surface area contributed by atoms with Crippen molar-refractivity contribution in [3.63, 3.8) is 0 Å². The fourth-order valence-corrected chi connectivity index (χ4v) is 2.45. The van der Waals surface area contributed by atoms with Crippen LogP contribution in [-0.4, -0.2) is 9.55 Å². The largest absolute Gasteiger partial charge is 0.397 e. The van der Waals surface area contributed by atoms with Crippen molar-refractivity contribution in [3.8, 4) is 11.4 Å². The highest BCUT2D eigenvalue weighted by atomic mass is 19.2. The van der Waals surface area contributed by atoms with Gasteiger partial charge >= 0.3 is 0 Å². The van der Waals surface area contributed by atoms with Crippen LogP contribution < -0.4 is 5.73 Å². The number of nitrogens with zero attached hydrogens (tertiary/aromatic N) is 2. The first kappa shape index (κ1) is 14.3. The van der Waals surface area contributed by atoms with E-state index < -0.39 is 11.6 Å².